The van der Waals surface area contributed by atoms with Gasteiger partial charge in [-0.3, -0.25) is 0 Å². The van der Waals surface area contributed by atoms with Crippen LogP contribution in [-0.4, -0.2) is 35.7 Å². The first-order valence-corrected chi connectivity index (χ1v) is 7.37. The van der Waals surface area contributed by atoms with Gasteiger partial charge >= 0.3 is 0 Å². The van der Waals surface area contributed by atoms with Gasteiger partial charge in [0, 0.05) is 12.6 Å². The average molecular weight is 288 g/mol. The van der Waals surface area contributed by atoms with Crippen molar-refractivity contribution >= 4 is 10.0 Å². The highest BCUT2D eigenvalue weighted by molar-refractivity contribution is 7.89. The fraction of sp³-hybridized carbons (Fsp3) is 0.500. The van der Waals surface area contributed by atoms with Crippen molar-refractivity contribution in [3.05, 3.63) is 17.7 Å². The first-order valence-electron chi connectivity index (χ1n) is 5.88. The standard InChI is InChI=1S/C12H20N2O4S/c1-9-7-10(17-2)11(18-3)8-12(9)19(15,16)14-6-4-5-13/h7-8,14H,4-6,13H2,1-3H3. The molecule has 0 aliphatic carbocycles. The quantitative estimate of drug-likeness (QED) is 0.719. The Kier molecular flexibility index (Phi) is 5.59. The molecule has 7 heteroatoms. The van der Waals surface area contributed by atoms with Crippen molar-refractivity contribution in [1.82, 2.24) is 4.72 Å². The molecule has 19 heavy (non-hydrogen) atoms. The van der Waals surface area contributed by atoms with Crippen molar-refractivity contribution in [3.63, 3.8) is 0 Å². The maximum atomic E-state index is 12.1. The maximum Gasteiger partial charge on any atom is 0.240 e. The third-order valence-corrected chi connectivity index (χ3v) is 4.25. The van der Waals surface area contributed by atoms with E-state index in [1.165, 1.54) is 20.3 Å². The lowest BCUT2D eigenvalue weighted by atomic mass is 10.2. The smallest absolute Gasteiger partial charge is 0.240 e. The van der Waals surface area contributed by atoms with Gasteiger partial charge in [0.1, 0.15) is 0 Å². The SMILES string of the molecule is COc1cc(C)c(S(=O)(=O)NCCCN)cc1OC. The number of hydrogen-bond donors (Lipinski definition) is 2. The van der Waals surface area contributed by atoms with Crippen molar-refractivity contribution in [1.29, 1.82) is 0 Å². The Hall–Kier alpha value is -1.31. The molecule has 3 N–H and O–H groups in total. The largest absolute Gasteiger partial charge is 0.493 e. The van der Waals surface area contributed by atoms with E-state index in [0.717, 1.165) is 0 Å². The lowest BCUT2D eigenvalue weighted by Crippen LogP contribution is -2.26. The summed E-state index contributed by atoms with van der Waals surface area (Å²) >= 11 is 0. The van der Waals surface area contributed by atoms with Crippen LogP contribution in [0.1, 0.15) is 12.0 Å². The Morgan fingerprint density at radius 3 is 2.32 bits per heavy atom. The van der Waals surface area contributed by atoms with Crippen molar-refractivity contribution in [3.8, 4) is 11.5 Å². The molecule has 0 saturated carbocycles. The van der Waals surface area contributed by atoms with Crippen LogP contribution in [0.2, 0.25) is 0 Å². The minimum atomic E-state index is -3.56. The van der Waals surface area contributed by atoms with Crippen molar-refractivity contribution in [2.24, 2.45) is 5.73 Å². The van der Waals surface area contributed by atoms with Gasteiger partial charge in [-0.1, -0.05) is 0 Å². The number of methoxy groups -OCH3 is 2. The highest BCUT2D eigenvalue weighted by Crippen LogP contribution is 2.32. The van der Waals surface area contributed by atoms with E-state index in [1.807, 2.05) is 0 Å². The second-order valence-electron chi connectivity index (χ2n) is 4.01. The van der Waals surface area contributed by atoms with Gasteiger partial charge < -0.3 is 15.2 Å². The summed E-state index contributed by atoms with van der Waals surface area (Å²) in [5.41, 5.74) is 5.93. The Morgan fingerprint density at radius 2 is 1.79 bits per heavy atom. The van der Waals surface area contributed by atoms with Gasteiger partial charge in [0.2, 0.25) is 10.0 Å². The third kappa shape index (κ3) is 3.82. The molecule has 1 rings (SSSR count). The summed E-state index contributed by atoms with van der Waals surface area (Å²) in [4.78, 5) is 0.183. The van der Waals surface area contributed by atoms with Crippen LogP contribution in [0.25, 0.3) is 0 Å². The summed E-state index contributed by atoms with van der Waals surface area (Å²) in [6.07, 6.45) is 0.589. The number of nitrogens with two attached hydrogens (primary N) is 1. The molecule has 0 aliphatic heterocycles. The van der Waals surface area contributed by atoms with Crippen molar-refractivity contribution in [2.75, 3.05) is 27.3 Å². The molecule has 0 spiro atoms. The zero-order valence-corrected chi connectivity index (χ0v) is 12.2. The molecule has 0 amide bonds. The normalized spacial score (nSPS) is 11.4. The van der Waals surface area contributed by atoms with Gasteiger partial charge in [-0.05, 0) is 31.5 Å². The summed E-state index contributed by atoms with van der Waals surface area (Å²) in [5, 5.41) is 0. The second kappa shape index (κ2) is 6.74. The van der Waals surface area contributed by atoms with Gasteiger partial charge in [0.25, 0.3) is 0 Å². The highest BCUT2D eigenvalue weighted by Gasteiger charge is 2.19. The Bertz CT molecular complexity index is 529. The predicted octanol–water partition coefficient (Wildman–Crippen LogP) is 0.639. The second-order valence-corrected chi connectivity index (χ2v) is 5.75. The first-order chi connectivity index (χ1) is 8.96. The molecule has 0 heterocycles. The molecule has 6 nitrogen and oxygen atoms in total. The van der Waals surface area contributed by atoms with E-state index in [9.17, 15) is 8.42 Å². The molecule has 0 bridgehead atoms. The number of nitrogens with one attached hydrogen (secondary N) is 1. The van der Waals surface area contributed by atoms with E-state index < -0.39 is 10.0 Å². The summed E-state index contributed by atoms with van der Waals surface area (Å²) < 4.78 is 37.0. The fourth-order valence-corrected chi connectivity index (χ4v) is 2.95. The molecule has 1 aromatic carbocycles. The first kappa shape index (κ1) is 15.7. The van der Waals surface area contributed by atoms with Crippen LogP contribution >= 0.6 is 0 Å². The van der Waals surface area contributed by atoms with Crippen molar-refractivity contribution in [2.45, 2.75) is 18.2 Å². The monoisotopic (exact) mass is 288 g/mol. The summed E-state index contributed by atoms with van der Waals surface area (Å²) in [5.74, 6) is 0.883. The topological polar surface area (TPSA) is 90.7 Å². The van der Waals surface area contributed by atoms with Crippen LogP contribution in [0.15, 0.2) is 17.0 Å². The van der Waals surface area contributed by atoms with Crippen molar-refractivity contribution < 1.29 is 17.9 Å². The summed E-state index contributed by atoms with van der Waals surface area (Å²) in [6.45, 7) is 2.46. The van der Waals surface area contributed by atoms with Crippen LogP contribution < -0.4 is 19.9 Å². The van der Waals surface area contributed by atoms with Gasteiger partial charge in [0.05, 0.1) is 19.1 Å². The highest BCUT2D eigenvalue weighted by atomic mass is 32.2. The van der Waals surface area contributed by atoms with Crippen LogP contribution in [-0.2, 0) is 10.0 Å². The number of hydrogen-bond acceptors (Lipinski definition) is 5. The molecule has 0 radical (unpaired) electrons. The number of benzene rings is 1. The molecular weight excluding hydrogens is 268 g/mol. The van der Waals surface area contributed by atoms with Crippen LogP contribution in [0, 0.1) is 6.92 Å². The maximum absolute atomic E-state index is 12.1. The van der Waals surface area contributed by atoms with E-state index in [0.29, 0.717) is 36.6 Å². The Labute approximate surface area is 113 Å². The predicted molar refractivity (Wildman–Crippen MR) is 73.1 cm³/mol. The molecule has 0 atom stereocenters. The van der Waals surface area contributed by atoms with Gasteiger partial charge in [-0.2, -0.15) is 0 Å². The lowest BCUT2D eigenvalue weighted by molar-refractivity contribution is 0.353. The molecule has 0 aliphatic rings. The van der Waals surface area contributed by atoms with Crippen LogP contribution in [0.3, 0.4) is 0 Å². The van der Waals surface area contributed by atoms with Crippen LogP contribution in [0.5, 0.6) is 11.5 Å². The van der Waals surface area contributed by atoms with E-state index in [-0.39, 0.29) is 4.90 Å². The van der Waals surface area contributed by atoms with Gasteiger partial charge in [-0.25, -0.2) is 13.1 Å². The average Bonchev–Trinajstić information content (AvgIpc) is 2.38. The minimum Gasteiger partial charge on any atom is -0.493 e. The van der Waals surface area contributed by atoms with E-state index >= 15 is 0 Å². The summed E-state index contributed by atoms with van der Waals surface area (Å²) in [6, 6.07) is 3.09. The number of ether oxygens (including phenoxy) is 2. The Morgan fingerprint density at radius 1 is 1.21 bits per heavy atom. The van der Waals surface area contributed by atoms with Gasteiger partial charge in [-0.15, -0.1) is 0 Å². The summed E-state index contributed by atoms with van der Waals surface area (Å²) in [7, 11) is -0.593. The molecule has 1 aromatic rings. The molecule has 108 valence electrons. The third-order valence-electron chi connectivity index (χ3n) is 2.64. The Balaban J connectivity index is 3.12. The lowest BCUT2D eigenvalue weighted by Gasteiger charge is -2.13. The minimum absolute atomic E-state index is 0.183. The number of sulfonamides is 1. The molecule has 0 aromatic heterocycles. The van der Waals surface area contributed by atoms with E-state index in [1.54, 1.807) is 13.0 Å². The van der Waals surface area contributed by atoms with E-state index in [4.69, 9.17) is 15.2 Å². The molecular formula is C12H20N2O4S. The zero-order chi connectivity index (χ0) is 14.5. The van der Waals surface area contributed by atoms with Gasteiger partial charge in [0.15, 0.2) is 11.5 Å². The fourth-order valence-electron chi connectivity index (χ4n) is 1.64. The number of aryl methyl sites for hydroxylation is 1. The van der Waals surface area contributed by atoms with Crippen LogP contribution in [0.4, 0.5) is 0 Å². The molecule has 0 fully saturated rings. The number of rotatable bonds is 7. The van der Waals surface area contributed by atoms with E-state index in [2.05, 4.69) is 4.72 Å². The molecule has 0 saturated heterocycles. The zero-order valence-electron chi connectivity index (χ0n) is 11.4. The molecule has 0 unspecified atom stereocenters.